The molecule has 2 aliphatic rings. The number of anilines is 1. The molecule has 22 heavy (non-hydrogen) atoms. The van der Waals surface area contributed by atoms with E-state index in [0.29, 0.717) is 18.7 Å². The van der Waals surface area contributed by atoms with Gasteiger partial charge in [-0.2, -0.15) is 0 Å². The van der Waals surface area contributed by atoms with Crippen LogP contribution < -0.4 is 4.90 Å². The molecule has 2 heterocycles. The SMILES string of the molecule is COCc1cc([N+](=O)[O-])ccc1N1CCC2CCC(C1)N2C. The van der Waals surface area contributed by atoms with Crippen molar-refractivity contribution in [1.82, 2.24) is 4.90 Å². The molecule has 1 aromatic rings. The minimum atomic E-state index is -0.346. The van der Waals surface area contributed by atoms with Crippen LogP contribution in [0.15, 0.2) is 18.2 Å². The quantitative estimate of drug-likeness (QED) is 0.631. The number of fused-ring (bicyclic) bond motifs is 2. The molecule has 2 saturated heterocycles. The van der Waals surface area contributed by atoms with Gasteiger partial charge in [-0.3, -0.25) is 15.0 Å². The predicted octanol–water partition coefficient (Wildman–Crippen LogP) is 2.41. The Labute approximate surface area is 130 Å². The Hall–Kier alpha value is -1.66. The van der Waals surface area contributed by atoms with Gasteiger partial charge >= 0.3 is 0 Å². The van der Waals surface area contributed by atoms with E-state index in [9.17, 15) is 10.1 Å². The number of methoxy groups -OCH3 is 1. The standard InChI is InChI=1S/C16H23N3O3/c1-17-13-3-4-15(17)10-18(8-7-13)16-6-5-14(19(20)21)9-12(16)11-22-2/h5-6,9,13,15H,3-4,7-8,10-11H2,1-2H3. The van der Waals surface area contributed by atoms with Crippen molar-refractivity contribution in [3.05, 3.63) is 33.9 Å². The Bertz CT molecular complexity index is 564. The summed E-state index contributed by atoms with van der Waals surface area (Å²) in [5.41, 5.74) is 2.11. The van der Waals surface area contributed by atoms with Crippen LogP contribution in [0.3, 0.4) is 0 Å². The maximum atomic E-state index is 11.0. The molecule has 1 aromatic carbocycles. The van der Waals surface area contributed by atoms with Gasteiger partial charge in [-0.05, 0) is 32.4 Å². The summed E-state index contributed by atoms with van der Waals surface area (Å²) in [7, 11) is 3.85. The fraction of sp³-hybridized carbons (Fsp3) is 0.625. The lowest BCUT2D eigenvalue weighted by atomic mass is 10.1. The van der Waals surface area contributed by atoms with E-state index in [-0.39, 0.29) is 10.6 Å². The zero-order valence-electron chi connectivity index (χ0n) is 13.2. The van der Waals surface area contributed by atoms with Crippen LogP contribution in [-0.2, 0) is 11.3 Å². The Morgan fingerprint density at radius 3 is 2.82 bits per heavy atom. The first-order chi connectivity index (χ1) is 10.6. The molecule has 2 bridgehead atoms. The maximum Gasteiger partial charge on any atom is 0.269 e. The van der Waals surface area contributed by atoms with Gasteiger partial charge in [0.15, 0.2) is 0 Å². The molecule has 0 radical (unpaired) electrons. The van der Waals surface area contributed by atoms with E-state index in [2.05, 4.69) is 16.8 Å². The van der Waals surface area contributed by atoms with E-state index in [0.717, 1.165) is 30.8 Å². The molecule has 6 heteroatoms. The number of nitro benzene ring substituents is 1. The van der Waals surface area contributed by atoms with Crippen LogP contribution in [0, 0.1) is 10.1 Å². The van der Waals surface area contributed by atoms with Crippen LogP contribution in [0.4, 0.5) is 11.4 Å². The van der Waals surface area contributed by atoms with E-state index in [4.69, 9.17) is 4.74 Å². The number of nitrogens with zero attached hydrogens (tertiary/aromatic N) is 3. The highest BCUT2D eigenvalue weighted by atomic mass is 16.6. The molecule has 2 aliphatic heterocycles. The van der Waals surface area contributed by atoms with E-state index in [1.54, 1.807) is 19.2 Å². The number of hydrogen-bond donors (Lipinski definition) is 0. The molecular weight excluding hydrogens is 282 g/mol. The Morgan fingerprint density at radius 2 is 2.09 bits per heavy atom. The van der Waals surface area contributed by atoms with Crippen LogP contribution >= 0.6 is 0 Å². The highest BCUT2D eigenvalue weighted by molar-refractivity contribution is 5.58. The zero-order valence-corrected chi connectivity index (χ0v) is 13.2. The summed E-state index contributed by atoms with van der Waals surface area (Å²) in [4.78, 5) is 15.5. The molecule has 120 valence electrons. The minimum Gasteiger partial charge on any atom is -0.380 e. The smallest absolute Gasteiger partial charge is 0.269 e. The Balaban J connectivity index is 1.88. The van der Waals surface area contributed by atoms with Crippen LogP contribution in [-0.4, -0.2) is 49.2 Å². The highest BCUT2D eigenvalue weighted by Crippen LogP contribution is 2.33. The second kappa shape index (κ2) is 6.22. The fourth-order valence-electron chi connectivity index (χ4n) is 3.79. The third kappa shape index (κ3) is 2.80. The summed E-state index contributed by atoms with van der Waals surface area (Å²) in [5, 5.41) is 11.0. The van der Waals surface area contributed by atoms with Gasteiger partial charge in [0, 0.05) is 55.7 Å². The van der Waals surface area contributed by atoms with Gasteiger partial charge in [-0.1, -0.05) is 0 Å². The molecule has 0 aromatic heterocycles. The van der Waals surface area contributed by atoms with E-state index >= 15 is 0 Å². The number of benzene rings is 1. The third-order valence-corrected chi connectivity index (χ3v) is 5.06. The van der Waals surface area contributed by atoms with Crippen LogP contribution in [0.5, 0.6) is 0 Å². The van der Waals surface area contributed by atoms with Crippen molar-refractivity contribution in [2.24, 2.45) is 0 Å². The molecule has 0 aliphatic carbocycles. The largest absolute Gasteiger partial charge is 0.380 e. The van der Waals surface area contributed by atoms with E-state index in [1.807, 2.05) is 6.07 Å². The third-order valence-electron chi connectivity index (χ3n) is 5.06. The van der Waals surface area contributed by atoms with Crippen molar-refractivity contribution in [2.45, 2.75) is 38.0 Å². The van der Waals surface area contributed by atoms with Crippen molar-refractivity contribution in [3.8, 4) is 0 Å². The number of ether oxygens (including phenoxy) is 1. The molecular formula is C16H23N3O3. The second-order valence-corrected chi connectivity index (χ2v) is 6.29. The molecule has 2 fully saturated rings. The molecule has 6 nitrogen and oxygen atoms in total. The average Bonchev–Trinajstić information content (AvgIpc) is 2.73. The molecule has 0 spiro atoms. The van der Waals surface area contributed by atoms with Crippen molar-refractivity contribution >= 4 is 11.4 Å². The van der Waals surface area contributed by atoms with Crippen molar-refractivity contribution in [3.63, 3.8) is 0 Å². The topological polar surface area (TPSA) is 58.9 Å². The molecule has 0 amide bonds. The van der Waals surface area contributed by atoms with Crippen molar-refractivity contribution < 1.29 is 9.66 Å². The summed E-state index contributed by atoms with van der Waals surface area (Å²) in [6.45, 7) is 2.39. The summed E-state index contributed by atoms with van der Waals surface area (Å²) in [6, 6.07) is 6.38. The summed E-state index contributed by atoms with van der Waals surface area (Å²) >= 11 is 0. The number of likely N-dealkylation sites (N-methyl/N-ethyl adjacent to an activating group) is 1. The summed E-state index contributed by atoms with van der Waals surface area (Å²) in [6.07, 6.45) is 3.68. The van der Waals surface area contributed by atoms with Gasteiger partial charge in [0.05, 0.1) is 11.5 Å². The van der Waals surface area contributed by atoms with E-state index in [1.165, 1.54) is 12.8 Å². The van der Waals surface area contributed by atoms with Gasteiger partial charge in [0.25, 0.3) is 5.69 Å². The first kappa shape index (κ1) is 15.2. The fourth-order valence-corrected chi connectivity index (χ4v) is 3.79. The second-order valence-electron chi connectivity index (χ2n) is 6.29. The lowest BCUT2D eigenvalue weighted by Crippen LogP contribution is -2.37. The van der Waals surface area contributed by atoms with Gasteiger partial charge in [0.2, 0.25) is 0 Å². The first-order valence-corrected chi connectivity index (χ1v) is 7.83. The molecule has 2 unspecified atom stereocenters. The van der Waals surface area contributed by atoms with Gasteiger partial charge in [0.1, 0.15) is 0 Å². The molecule has 3 rings (SSSR count). The van der Waals surface area contributed by atoms with Crippen LogP contribution in [0.2, 0.25) is 0 Å². The summed E-state index contributed by atoms with van der Waals surface area (Å²) < 4.78 is 5.25. The molecule has 0 N–H and O–H groups in total. The first-order valence-electron chi connectivity index (χ1n) is 7.83. The average molecular weight is 305 g/mol. The van der Waals surface area contributed by atoms with E-state index < -0.39 is 0 Å². The van der Waals surface area contributed by atoms with Crippen LogP contribution in [0.1, 0.15) is 24.8 Å². The molecule has 2 atom stereocenters. The lowest BCUT2D eigenvalue weighted by molar-refractivity contribution is -0.384. The highest BCUT2D eigenvalue weighted by Gasteiger charge is 2.35. The van der Waals surface area contributed by atoms with Gasteiger partial charge < -0.3 is 9.64 Å². The summed E-state index contributed by atoms with van der Waals surface area (Å²) in [5.74, 6) is 0. The predicted molar refractivity (Wildman–Crippen MR) is 85.2 cm³/mol. The normalized spacial score (nSPS) is 25.3. The number of hydrogen-bond acceptors (Lipinski definition) is 5. The van der Waals surface area contributed by atoms with Gasteiger partial charge in [-0.25, -0.2) is 0 Å². The lowest BCUT2D eigenvalue weighted by Gasteiger charge is -2.29. The van der Waals surface area contributed by atoms with Crippen LogP contribution in [0.25, 0.3) is 0 Å². The van der Waals surface area contributed by atoms with Crippen molar-refractivity contribution in [1.29, 1.82) is 0 Å². The zero-order chi connectivity index (χ0) is 15.7. The maximum absolute atomic E-state index is 11.0. The van der Waals surface area contributed by atoms with Crippen molar-refractivity contribution in [2.75, 3.05) is 32.1 Å². The number of nitro groups is 1. The number of rotatable bonds is 4. The molecule has 0 saturated carbocycles. The Kier molecular flexibility index (Phi) is 4.31. The Morgan fingerprint density at radius 1 is 1.32 bits per heavy atom. The number of non-ortho nitro benzene ring substituents is 1. The monoisotopic (exact) mass is 305 g/mol. The van der Waals surface area contributed by atoms with Gasteiger partial charge in [-0.15, -0.1) is 0 Å². The minimum absolute atomic E-state index is 0.129.